The molecule has 1 saturated carbocycles. The lowest BCUT2D eigenvalue weighted by atomic mass is 9.57. The first-order chi connectivity index (χ1) is 16.9. The molecule has 3 heterocycles. The number of piperidine rings is 2. The lowest BCUT2D eigenvalue weighted by Gasteiger charge is -2.60. The van der Waals surface area contributed by atoms with Crippen LogP contribution in [0, 0.1) is 23.7 Å². The van der Waals surface area contributed by atoms with Crippen molar-refractivity contribution in [3.8, 4) is 0 Å². The number of carboxylic acids is 1. The molecule has 4 fully saturated rings. The zero-order valence-electron chi connectivity index (χ0n) is 22.2. The third-order valence-corrected chi connectivity index (χ3v) is 7.98. The van der Waals surface area contributed by atoms with E-state index in [0.29, 0.717) is 31.8 Å². The molecule has 36 heavy (non-hydrogen) atoms. The number of nitrogens with one attached hydrogen (secondary N) is 1. The minimum atomic E-state index is -1.14. The Balaban J connectivity index is 1.73. The van der Waals surface area contributed by atoms with Crippen molar-refractivity contribution in [3.05, 3.63) is 35.9 Å². The van der Waals surface area contributed by atoms with Crippen molar-refractivity contribution >= 4 is 18.0 Å². The van der Waals surface area contributed by atoms with Crippen molar-refractivity contribution in [1.82, 2.24) is 15.1 Å². The first-order valence-electron chi connectivity index (χ1n) is 13.2. The van der Waals surface area contributed by atoms with Crippen LogP contribution in [-0.2, 0) is 20.9 Å². The van der Waals surface area contributed by atoms with E-state index in [1.54, 1.807) is 4.90 Å². The Morgan fingerprint density at radius 2 is 1.86 bits per heavy atom. The van der Waals surface area contributed by atoms with E-state index in [9.17, 15) is 19.5 Å². The van der Waals surface area contributed by atoms with Crippen LogP contribution in [-0.4, -0.2) is 69.7 Å². The topological polar surface area (TPSA) is 99.2 Å². The van der Waals surface area contributed by atoms with E-state index in [1.807, 2.05) is 51.1 Å². The monoisotopic (exact) mass is 499 g/mol. The molecule has 2 N–H and O–H groups in total. The van der Waals surface area contributed by atoms with E-state index in [1.165, 1.54) is 0 Å². The Hall–Kier alpha value is -2.61. The maximum absolute atomic E-state index is 14.2. The molecule has 4 bridgehead atoms. The van der Waals surface area contributed by atoms with Gasteiger partial charge in [-0.05, 0) is 56.9 Å². The molecule has 0 spiro atoms. The first kappa shape index (κ1) is 26.5. The second-order valence-corrected chi connectivity index (χ2v) is 12.2. The normalized spacial score (nSPS) is 29.4. The summed E-state index contributed by atoms with van der Waals surface area (Å²) < 4.78 is 5.80. The van der Waals surface area contributed by atoms with Crippen LogP contribution in [0.25, 0.3) is 0 Å². The van der Waals surface area contributed by atoms with Gasteiger partial charge < -0.3 is 15.2 Å². The van der Waals surface area contributed by atoms with Crippen molar-refractivity contribution < 1.29 is 24.2 Å². The van der Waals surface area contributed by atoms with Gasteiger partial charge in [-0.3, -0.25) is 19.4 Å². The fraction of sp³-hybridized carbons (Fsp3) is 0.679. The Labute approximate surface area is 214 Å². The smallest absolute Gasteiger partial charge is 0.411 e. The highest BCUT2D eigenvalue weighted by Crippen LogP contribution is 2.57. The molecule has 8 nitrogen and oxygen atoms in total. The van der Waals surface area contributed by atoms with Gasteiger partial charge in [0.25, 0.3) is 0 Å². The number of hydrogen-bond donors (Lipinski definition) is 2. The van der Waals surface area contributed by atoms with Crippen LogP contribution in [0.2, 0.25) is 0 Å². The fourth-order valence-corrected chi connectivity index (χ4v) is 6.87. The molecule has 198 valence electrons. The molecular weight excluding hydrogens is 458 g/mol. The van der Waals surface area contributed by atoms with Crippen molar-refractivity contribution in [2.45, 2.75) is 77.6 Å². The molecule has 1 aliphatic carbocycles. The predicted molar refractivity (Wildman–Crippen MR) is 136 cm³/mol. The number of nitrogens with zero attached hydrogens (tertiary/aromatic N) is 2. The van der Waals surface area contributed by atoms with Gasteiger partial charge in [0.2, 0.25) is 5.91 Å². The molecule has 1 aromatic carbocycles. The van der Waals surface area contributed by atoms with E-state index in [4.69, 9.17) is 4.74 Å². The Morgan fingerprint density at radius 1 is 1.17 bits per heavy atom. The molecule has 5 atom stereocenters. The summed E-state index contributed by atoms with van der Waals surface area (Å²) in [4.78, 5) is 43.6. The largest absolute Gasteiger partial charge is 0.481 e. The number of likely N-dealkylation sites (tertiary alicyclic amines) is 1. The number of amides is 2. The van der Waals surface area contributed by atoms with E-state index >= 15 is 0 Å². The van der Waals surface area contributed by atoms with Crippen molar-refractivity contribution in [2.24, 2.45) is 23.7 Å². The standard InChI is InChI=1S/C28H41N3O5/c1-18(2)15-30-16-20-13-28(25(34)29-14-19-9-7-6-8-10-19)22(11-12-23(32)33)24(30)21(20)17-31(28)26(35)36-27(3,4)5/h6-10,18,20-22,24H,11-17H2,1-5H3,(H,29,34)(H,32,33)/t20-,21-,22-,24+,28+/m1/s1. The fourth-order valence-electron chi connectivity index (χ4n) is 6.87. The number of aliphatic carboxylic acids is 1. The maximum atomic E-state index is 14.2. The quantitative estimate of drug-likeness (QED) is 0.565. The zero-order valence-corrected chi connectivity index (χ0v) is 22.2. The van der Waals surface area contributed by atoms with Crippen molar-refractivity contribution in [3.63, 3.8) is 0 Å². The zero-order chi connectivity index (χ0) is 26.3. The molecule has 3 aliphatic heterocycles. The van der Waals surface area contributed by atoms with Gasteiger partial charge in [-0.1, -0.05) is 44.2 Å². The second-order valence-electron chi connectivity index (χ2n) is 12.2. The number of carbonyl (C=O) groups is 3. The Bertz CT molecular complexity index is 975. The average Bonchev–Trinajstić information content (AvgIpc) is 3.06. The van der Waals surface area contributed by atoms with E-state index < -0.39 is 23.2 Å². The lowest BCUT2D eigenvalue weighted by molar-refractivity contribution is -0.160. The molecule has 8 heteroatoms. The summed E-state index contributed by atoms with van der Waals surface area (Å²) in [5.74, 6) is -0.423. The molecule has 1 aromatic rings. The third-order valence-electron chi connectivity index (χ3n) is 7.98. The lowest BCUT2D eigenvalue weighted by Crippen LogP contribution is -2.76. The maximum Gasteiger partial charge on any atom is 0.411 e. The average molecular weight is 500 g/mol. The van der Waals surface area contributed by atoms with E-state index in [2.05, 4.69) is 24.1 Å². The van der Waals surface area contributed by atoms with E-state index in [0.717, 1.165) is 18.7 Å². The number of rotatable bonds is 8. The molecule has 4 aliphatic rings. The molecule has 0 unspecified atom stereocenters. The number of carboxylic acid groups (broad SMARTS) is 1. The summed E-state index contributed by atoms with van der Waals surface area (Å²) in [5, 5.41) is 12.7. The third kappa shape index (κ3) is 5.10. The molecule has 0 radical (unpaired) electrons. The van der Waals surface area contributed by atoms with Gasteiger partial charge in [0, 0.05) is 44.6 Å². The first-order valence-corrected chi connectivity index (χ1v) is 13.2. The Morgan fingerprint density at radius 3 is 2.47 bits per heavy atom. The van der Waals surface area contributed by atoms with Gasteiger partial charge in [-0.15, -0.1) is 0 Å². The summed E-state index contributed by atoms with van der Waals surface area (Å²) in [6.07, 6.45) is 0.351. The number of fused-ring (bicyclic) bond motifs is 1. The molecule has 5 rings (SSSR count). The number of ether oxygens (including phenoxy) is 1. The summed E-state index contributed by atoms with van der Waals surface area (Å²) in [5.41, 5.74) is -0.862. The highest BCUT2D eigenvalue weighted by molar-refractivity contribution is 5.91. The second kappa shape index (κ2) is 10.0. The number of benzene rings is 1. The molecular formula is C28H41N3O5. The molecule has 2 amide bonds. The molecule has 3 saturated heterocycles. The van der Waals surface area contributed by atoms with Crippen LogP contribution < -0.4 is 5.32 Å². The van der Waals surface area contributed by atoms with Crippen LogP contribution in [0.1, 0.15) is 59.4 Å². The number of carbonyl (C=O) groups excluding carboxylic acids is 2. The van der Waals surface area contributed by atoms with Gasteiger partial charge >= 0.3 is 12.1 Å². The highest BCUT2D eigenvalue weighted by atomic mass is 16.6. The minimum absolute atomic E-state index is 0.0378. The van der Waals surface area contributed by atoms with Gasteiger partial charge in [0.1, 0.15) is 11.1 Å². The number of hydrogen-bond acceptors (Lipinski definition) is 5. The van der Waals surface area contributed by atoms with Gasteiger partial charge in [0.05, 0.1) is 0 Å². The predicted octanol–water partition coefficient (Wildman–Crippen LogP) is 3.75. The minimum Gasteiger partial charge on any atom is -0.481 e. The summed E-state index contributed by atoms with van der Waals surface area (Å²) in [6, 6.07) is 9.77. The summed E-state index contributed by atoms with van der Waals surface area (Å²) in [7, 11) is 0. The summed E-state index contributed by atoms with van der Waals surface area (Å²) >= 11 is 0. The van der Waals surface area contributed by atoms with Crippen molar-refractivity contribution in [2.75, 3.05) is 19.6 Å². The van der Waals surface area contributed by atoms with Crippen LogP contribution in [0.3, 0.4) is 0 Å². The highest BCUT2D eigenvalue weighted by Gasteiger charge is 2.69. The van der Waals surface area contributed by atoms with Crippen LogP contribution in [0.15, 0.2) is 30.3 Å². The van der Waals surface area contributed by atoms with Gasteiger partial charge in [-0.2, -0.15) is 0 Å². The SMILES string of the molecule is CC(C)CN1C[C@H]2C[C@@]3(C(=O)NCc4ccccc4)[C@H](CCC(=O)O)[C@@H]1[C@@H]2CN3C(=O)OC(C)(C)C. The summed E-state index contributed by atoms with van der Waals surface area (Å²) in [6.45, 7) is 12.4. The van der Waals surface area contributed by atoms with Crippen molar-refractivity contribution in [1.29, 1.82) is 0 Å². The Kier molecular flexibility index (Phi) is 7.37. The van der Waals surface area contributed by atoms with Crippen LogP contribution in [0.4, 0.5) is 4.79 Å². The van der Waals surface area contributed by atoms with E-state index in [-0.39, 0.29) is 36.1 Å². The van der Waals surface area contributed by atoms with Crippen LogP contribution >= 0.6 is 0 Å². The van der Waals surface area contributed by atoms with Crippen LogP contribution in [0.5, 0.6) is 0 Å². The van der Waals surface area contributed by atoms with Gasteiger partial charge in [0.15, 0.2) is 0 Å². The molecule has 0 aromatic heterocycles. The van der Waals surface area contributed by atoms with Gasteiger partial charge in [-0.25, -0.2) is 4.79 Å².